The van der Waals surface area contributed by atoms with Gasteiger partial charge in [-0.1, -0.05) is 25.1 Å². The number of hydrogen-bond donors (Lipinski definition) is 0. The molecule has 2 rings (SSSR count). The SMILES string of the molecule is CC(=O)n1cc(C(C)C(=O)[O-])c2ccccc21. The van der Waals surface area contributed by atoms with Crippen LogP contribution in [0.4, 0.5) is 0 Å². The van der Waals surface area contributed by atoms with E-state index in [9.17, 15) is 14.7 Å². The minimum Gasteiger partial charge on any atom is -0.550 e. The van der Waals surface area contributed by atoms with Crippen LogP contribution < -0.4 is 5.11 Å². The van der Waals surface area contributed by atoms with Crippen LogP contribution in [-0.2, 0) is 4.79 Å². The third-order valence-electron chi connectivity index (χ3n) is 2.90. The maximum Gasteiger partial charge on any atom is 0.227 e. The predicted octanol–water partition coefficient (Wildman–Crippen LogP) is 1.15. The van der Waals surface area contributed by atoms with Crippen LogP contribution in [0.15, 0.2) is 30.5 Å². The summed E-state index contributed by atoms with van der Waals surface area (Å²) in [5.41, 5.74) is 1.33. The van der Waals surface area contributed by atoms with E-state index in [0.29, 0.717) is 5.56 Å². The number of fused-ring (bicyclic) bond motifs is 1. The summed E-state index contributed by atoms with van der Waals surface area (Å²) in [4.78, 5) is 22.4. The monoisotopic (exact) mass is 230 g/mol. The Morgan fingerprint density at radius 3 is 2.53 bits per heavy atom. The Bertz CT molecular complexity index is 598. The number of hydrogen-bond acceptors (Lipinski definition) is 3. The van der Waals surface area contributed by atoms with Gasteiger partial charge in [-0.25, -0.2) is 0 Å². The Hall–Kier alpha value is -2.10. The van der Waals surface area contributed by atoms with Crippen LogP contribution in [0.1, 0.15) is 30.1 Å². The largest absolute Gasteiger partial charge is 0.550 e. The fraction of sp³-hybridized carbons (Fsp3) is 0.231. The smallest absolute Gasteiger partial charge is 0.227 e. The van der Waals surface area contributed by atoms with E-state index < -0.39 is 11.9 Å². The van der Waals surface area contributed by atoms with E-state index in [4.69, 9.17) is 0 Å². The Kier molecular flexibility index (Phi) is 2.71. The van der Waals surface area contributed by atoms with Gasteiger partial charge in [-0.15, -0.1) is 0 Å². The summed E-state index contributed by atoms with van der Waals surface area (Å²) in [6, 6.07) is 7.24. The zero-order chi connectivity index (χ0) is 12.6. The normalized spacial score (nSPS) is 12.6. The van der Waals surface area contributed by atoms with Crippen molar-refractivity contribution >= 4 is 22.8 Å². The molecule has 2 aromatic rings. The molecule has 0 fully saturated rings. The van der Waals surface area contributed by atoms with Crippen molar-refractivity contribution in [3.63, 3.8) is 0 Å². The van der Waals surface area contributed by atoms with Crippen molar-refractivity contribution in [3.8, 4) is 0 Å². The molecule has 0 aliphatic carbocycles. The van der Waals surface area contributed by atoms with Crippen LogP contribution in [0.5, 0.6) is 0 Å². The van der Waals surface area contributed by atoms with Crippen LogP contribution in [0.2, 0.25) is 0 Å². The van der Waals surface area contributed by atoms with Crippen molar-refractivity contribution in [2.24, 2.45) is 0 Å². The quantitative estimate of drug-likeness (QED) is 0.777. The van der Waals surface area contributed by atoms with E-state index in [-0.39, 0.29) is 5.91 Å². The third kappa shape index (κ3) is 1.82. The molecule has 1 heterocycles. The minimum absolute atomic E-state index is 0.141. The highest BCUT2D eigenvalue weighted by molar-refractivity contribution is 5.95. The standard InChI is InChI=1S/C13H13NO3/c1-8(13(16)17)11-7-14(9(2)15)12-6-4-3-5-10(11)12/h3-8H,1-2H3,(H,16,17)/p-1. The first kappa shape index (κ1) is 11.4. The second-order valence-corrected chi connectivity index (χ2v) is 4.03. The number of carbonyl (C=O) groups excluding carboxylic acids is 2. The van der Waals surface area contributed by atoms with E-state index >= 15 is 0 Å². The molecule has 1 unspecified atom stereocenters. The molecule has 1 aromatic carbocycles. The van der Waals surface area contributed by atoms with Crippen molar-refractivity contribution in [1.82, 2.24) is 4.57 Å². The molecule has 88 valence electrons. The van der Waals surface area contributed by atoms with Crippen molar-refractivity contribution in [3.05, 3.63) is 36.0 Å². The third-order valence-corrected chi connectivity index (χ3v) is 2.90. The van der Waals surface area contributed by atoms with Crippen LogP contribution in [0.3, 0.4) is 0 Å². The molecular formula is C13H12NO3-. The lowest BCUT2D eigenvalue weighted by molar-refractivity contribution is -0.307. The number of nitrogens with zero attached hydrogens (tertiary/aromatic N) is 1. The van der Waals surface area contributed by atoms with Gasteiger partial charge in [-0.05, 0) is 11.6 Å². The van der Waals surface area contributed by atoms with E-state index in [0.717, 1.165) is 10.9 Å². The highest BCUT2D eigenvalue weighted by Crippen LogP contribution is 2.27. The summed E-state index contributed by atoms with van der Waals surface area (Å²) in [5.74, 6) is -2.02. The second kappa shape index (κ2) is 4.05. The number of aliphatic carboxylic acids is 1. The van der Waals surface area contributed by atoms with Crippen molar-refractivity contribution in [1.29, 1.82) is 0 Å². The average molecular weight is 230 g/mol. The molecule has 0 saturated carbocycles. The second-order valence-electron chi connectivity index (χ2n) is 4.03. The topological polar surface area (TPSA) is 62.1 Å². The maximum atomic E-state index is 11.5. The number of aromatic nitrogens is 1. The van der Waals surface area contributed by atoms with Crippen LogP contribution in [0, 0.1) is 0 Å². The molecule has 1 atom stereocenters. The molecule has 4 nitrogen and oxygen atoms in total. The van der Waals surface area contributed by atoms with Crippen LogP contribution >= 0.6 is 0 Å². The lowest BCUT2D eigenvalue weighted by atomic mass is 10.0. The van der Waals surface area contributed by atoms with Gasteiger partial charge in [0.15, 0.2) is 0 Å². The van der Waals surface area contributed by atoms with Crippen molar-refractivity contribution in [2.75, 3.05) is 0 Å². The first-order chi connectivity index (χ1) is 8.02. The summed E-state index contributed by atoms with van der Waals surface area (Å²) < 4.78 is 1.46. The fourth-order valence-electron chi connectivity index (χ4n) is 1.94. The lowest BCUT2D eigenvalue weighted by Gasteiger charge is -2.10. The van der Waals surface area contributed by atoms with Gasteiger partial charge in [0.05, 0.1) is 5.52 Å². The Morgan fingerprint density at radius 2 is 1.94 bits per heavy atom. The fourth-order valence-corrected chi connectivity index (χ4v) is 1.94. The van der Waals surface area contributed by atoms with E-state index in [1.54, 1.807) is 19.2 Å². The molecule has 0 aliphatic heterocycles. The van der Waals surface area contributed by atoms with Crippen molar-refractivity contribution in [2.45, 2.75) is 19.8 Å². The molecule has 0 spiro atoms. The van der Waals surface area contributed by atoms with Gasteiger partial charge in [0, 0.05) is 30.4 Å². The number of carboxylic acid groups (broad SMARTS) is 1. The van der Waals surface area contributed by atoms with E-state index in [2.05, 4.69) is 0 Å². The number of carbonyl (C=O) groups is 2. The minimum atomic E-state index is -1.14. The van der Waals surface area contributed by atoms with Gasteiger partial charge in [-0.2, -0.15) is 0 Å². The molecule has 1 aromatic heterocycles. The van der Waals surface area contributed by atoms with E-state index in [1.165, 1.54) is 11.5 Å². The zero-order valence-electron chi connectivity index (χ0n) is 9.64. The summed E-state index contributed by atoms with van der Waals surface area (Å²) in [6.07, 6.45) is 1.58. The zero-order valence-corrected chi connectivity index (χ0v) is 9.64. The number of benzene rings is 1. The highest BCUT2D eigenvalue weighted by atomic mass is 16.4. The Balaban J connectivity index is 2.73. The van der Waals surface area contributed by atoms with E-state index in [1.807, 2.05) is 18.2 Å². The first-order valence-corrected chi connectivity index (χ1v) is 5.34. The van der Waals surface area contributed by atoms with Gasteiger partial charge in [-0.3, -0.25) is 9.36 Å². The molecule has 0 amide bonds. The first-order valence-electron chi connectivity index (χ1n) is 5.34. The summed E-state index contributed by atoms with van der Waals surface area (Å²) in [7, 11) is 0. The predicted molar refractivity (Wildman–Crippen MR) is 61.7 cm³/mol. The Morgan fingerprint density at radius 1 is 1.29 bits per heavy atom. The number of para-hydroxylation sites is 1. The van der Waals surface area contributed by atoms with Gasteiger partial charge < -0.3 is 9.90 Å². The Labute approximate surface area is 98.5 Å². The lowest BCUT2D eigenvalue weighted by Crippen LogP contribution is -2.27. The van der Waals surface area contributed by atoms with Gasteiger partial charge >= 0.3 is 0 Å². The van der Waals surface area contributed by atoms with Crippen molar-refractivity contribution < 1.29 is 14.7 Å². The van der Waals surface area contributed by atoms with Gasteiger partial charge in [0.25, 0.3) is 0 Å². The number of rotatable bonds is 2. The van der Waals surface area contributed by atoms with Gasteiger partial charge in [0.2, 0.25) is 5.91 Å². The average Bonchev–Trinajstić information content (AvgIpc) is 2.67. The maximum absolute atomic E-state index is 11.5. The summed E-state index contributed by atoms with van der Waals surface area (Å²) in [5, 5.41) is 11.7. The summed E-state index contributed by atoms with van der Waals surface area (Å²) in [6.45, 7) is 3.00. The molecule has 0 saturated heterocycles. The molecule has 0 radical (unpaired) electrons. The molecule has 0 N–H and O–H groups in total. The molecule has 4 heteroatoms. The molecule has 17 heavy (non-hydrogen) atoms. The van der Waals surface area contributed by atoms with Gasteiger partial charge in [0.1, 0.15) is 0 Å². The number of carboxylic acids is 1. The molecule has 0 aliphatic rings. The molecular weight excluding hydrogens is 218 g/mol. The van der Waals surface area contributed by atoms with Crippen LogP contribution in [0.25, 0.3) is 10.9 Å². The summed E-state index contributed by atoms with van der Waals surface area (Å²) >= 11 is 0. The molecule has 0 bridgehead atoms. The highest BCUT2D eigenvalue weighted by Gasteiger charge is 2.15. The van der Waals surface area contributed by atoms with Crippen LogP contribution in [-0.4, -0.2) is 16.4 Å².